The Kier molecular flexibility index (Phi) is 3.47. The summed E-state index contributed by atoms with van der Waals surface area (Å²) in [5.41, 5.74) is 0.687. The maximum Gasteiger partial charge on any atom is 0.288 e. The van der Waals surface area contributed by atoms with Gasteiger partial charge in [-0.1, -0.05) is 0 Å². The Morgan fingerprint density at radius 2 is 2.10 bits per heavy atom. The predicted molar refractivity (Wildman–Crippen MR) is 79.2 cm³/mol. The van der Waals surface area contributed by atoms with E-state index in [4.69, 9.17) is 0 Å². The number of carbonyl (C=O) groups is 1. The summed E-state index contributed by atoms with van der Waals surface area (Å²) in [5, 5.41) is 7.70. The zero-order valence-corrected chi connectivity index (χ0v) is 12.3. The molecule has 0 aromatic carbocycles. The fourth-order valence-corrected chi connectivity index (χ4v) is 3.14. The number of aryl methyl sites for hydroxylation is 1. The van der Waals surface area contributed by atoms with Gasteiger partial charge in [0.15, 0.2) is 5.65 Å². The Balaban J connectivity index is 2.14. The van der Waals surface area contributed by atoms with E-state index in [1.54, 1.807) is 17.9 Å². The highest BCUT2D eigenvalue weighted by molar-refractivity contribution is 7.99. The fourth-order valence-electron chi connectivity index (χ4n) is 2.24. The summed E-state index contributed by atoms with van der Waals surface area (Å²) in [5.74, 6) is 2.86. The molecule has 7 nitrogen and oxygen atoms in total. The summed E-state index contributed by atoms with van der Waals surface area (Å²) >= 11 is 1.93. The minimum absolute atomic E-state index is 0.192. The summed E-state index contributed by atoms with van der Waals surface area (Å²) in [4.78, 5) is 22.8. The molecule has 0 bridgehead atoms. The second-order valence-electron chi connectivity index (χ2n) is 4.55. The standard InChI is InChI=1S/C12H16N6OS/c1-13-12(19)9-15-10-8(7-14-17(10)2)11(16-9)18-3-5-20-6-4-18/h7H,3-6H2,1-2H3,(H,13,19). The lowest BCUT2D eigenvalue weighted by atomic mass is 10.3. The number of nitrogens with zero attached hydrogens (tertiary/aromatic N) is 5. The van der Waals surface area contributed by atoms with Gasteiger partial charge >= 0.3 is 0 Å². The molecule has 1 aliphatic heterocycles. The molecule has 3 heterocycles. The number of rotatable bonds is 2. The monoisotopic (exact) mass is 292 g/mol. The van der Waals surface area contributed by atoms with Gasteiger partial charge in [0.1, 0.15) is 5.82 Å². The molecule has 20 heavy (non-hydrogen) atoms. The van der Waals surface area contributed by atoms with Gasteiger partial charge in [-0.2, -0.15) is 16.9 Å². The minimum Gasteiger partial charge on any atom is -0.354 e. The fraction of sp³-hybridized carbons (Fsp3) is 0.500. The van der Waals surface area contributed by atoms with Crippen LogP contribution in [0.1, 0.15) is 10.6 Å². The Labute approximate surface area is 120 Å². The number of hydrogen-bond acceptors (Lipinski definition) is 6. The first-order valence-electron chi connectivity index (χ1n) is 6.45. The minimum atomic E-state index is -0.277. The molecular weight excluding hydrogens is 276 g/mol. The average Bonchev–Trinajstić information content (AvgIpc) is 2.88. The van der Waals surface area contributed by atoms with E-state index in [1.807, 2.05) is 18.8 Å². The van der Waals surface area contributed by atoms with E-state index >= 15 is 0 Å². The van der Waals surface area contributed by atoms with Crippen LogP contribution in [0, 0.1) is 0 Å². The zero-order valence-electron chi connectivity index (χ0n) is 11.5. The van der Waals surface area contributed by atoms with Crippen LogP contribution in [-0.4, -0.2) is 57.3 Å². The van der Waals surface area contributed by atoms with Crippen LogP contribution in [0.2, 0.25) is 0 Å². The van der Waals surface area contributed by atoms with E-state index in [0.29, 0.717) is 5.65 Å². The van der Waals surface area contributed by atoms with Gasteiger partial charge in [0.05, 0.1) is 11.6 Å². The van der Waals surface area contributed by atoms with Gasteiger partial charge in [0, 0.05) is 38.7 Å². The Bertz CT molecular complexity index is 649. The van der Waals surface area contributed by atoms with Crippen LogP contribution >= 0.6 is 11.8 Å². The largest absolute Gasteiger partial charge is 0.354 e. The Morgan fingerprint density at radius 3 is 2.80 bits per heavy atom. The van der Waals surface area contributed by atoms with E-state index in [-0.39, 0.29) is 11.7 Å². The maximum absolute atomic E-state index is 11.8. The second-order valence-corrected chi connectivity index (χ2v) is 5.78. The average molecular weight is 292 g/mol. The molecule has 1 saturated heterocycles. The molecule has 1 N–H and O–H groups in total. The zero-order chi connectivity index (χ0) is 14.1. The molecule has 0 atom stereocenters. The molecule has 0 aliphatic carbocycles. The number of nitrogens with one attached hydrogen (secondary N) is 1. The molecule has 8 heteroatoms. The van der Waals surface area contributed by atoms with Crippen molar-refractivity contribution in [2.75, 3.05) is 36.5 Å². The van der Waals surface area contributed by atoms with Crippen molar-refractivity contribution in [2.24, 2.45) is 7.05 Å². The van der Waals surface area contributed by atoms with Crippen molar-refractivity contribution in [1.82, 2.24) is 25.1 Å². The molecule has 106 valence electrons. The van der Waals surface area contributed by atoms with Gasteiger partial charge in [0.25, 0.3) is 5.91 Å². The molecule has 2 aromatic heterocycles. The van der Waals surface area contributed by atoms with Crippen LogP contribution in [0.4, 0.5) is 5.82 Å². The summed E-state index contributed by atoms with van der Waals surface area (Å²) < 4.78 is 1.67. The van der Waals surface area contributed by atoms with Crippen LogP contribution in [0.25, 0.3) is 11.0 Å². The number of hydrogen-bond donors (Lipinski definition) is 1. The lowest BCUT2D eigenvalue weighted by Crippen LogP contribution is -2.34. The first kappa shape index (κ1) is 13.2. The summed E-state index contributed by atoms with van der Waals surface area (Å²) in [6.45, 7) is 1.86. The number of aromatic nitrogens is 4. The third kappa shape index (κ3) is 2.20. The molecular formula is C12H16N6OS. The number of fused-ring (bicyclic) bond motifs is 1. The van der Waals surface area contributed by atoms with Gasteiger partial charge in [0.2, 0.25) is 5.82 Å². The Hall–Kier alpha value is -1.83. The van der Waals surface area contributed by atoms with Crippen molar-refractivity contribution in [3.8, 4) is 0 Å². The molecule has 0 saturated carbocycles. The van der Waals surface area contributed by atoms with Gasteiger partial charge in [-0.05, 0) is 0 Å². The normalized spacial score (nSPS) is 15.6. The number of thioether (sulfide) groups is 1. The van der Waals surface area contributed by atoms with Crippen molar-refractivity contribution in [3.05, 3.63) is 12.0 Å². The van der Waals surface area contributed by atoms with E-state index < -0.39 is 0 Å². The van der Waals surface area contributed by atoms with Gasteiger partial charge in [-0.25, -0.2) is 9.97 Å². The first-order chi connectivity index (χ1) is 9.70. The molecule has 1 fully saturated rings. The quantitative estimate of drug-likeness (QED) is 0.856. The third-order valence-corrected chi connectivity index (χ3v) is 4.26. The van der Waals surface area contributed by atoms with Crippen molar-refractivity contribution in [1.29, 1.82) is 0 Å². The SMILES string of the molecule is CNC(=O)c1nc(N2CCSCC2)c2cnn(C)c2n1. The summed E-state index contributed by atoms with van der Waals surface area (Å²) in [7, 11) is 3.40. The van der Waals surface area contributed by atoms with Gasteiger partial charge in [-0.15, -0.1) is 0 Å². The smallest absolute Gasteiger partial charge is 0.288 e. The number of carbonyl (C=O) groups excluding carboxylic acids is 1. The first-order valence-corrected chi connectivity index (χ1v) is 7.60. The van der Waals surface area contributed by atoms with Crippen molar-refractivity contribution in [2.45, 2.75) is 0 Å². The van der Waals surface area contributed by atoms with E-state index in [1.165, 1.54) is 0 Å². The summed E-state index contributed by atoms with van der Waals surface area (Å²) in [6, 6.07) is 0. The summed E-state index contributed by atoms with van der Waals surface area (Å²) in [6.07, 6.45) is 1.76. The predicted octanol–water partition coefficient (Wildman–Crippen LogP) is 0.276. The van der Waals surface area contributed by atoms with Gasteiger partial charge in [-0.3, -0.25) is 9.48 Å². The van der Waals surface area contributed by atoms with E-state index in [9.17, 15) is 4.79 Å². The van der Waals surface area contributed by atoms with Crippen LogP contribution in [-0.2, 0) is 7.05 Å². The number of anilines is 1. The van der Waals surface area contributed by atoms with Crippen LogP contribution in [0.15, 0.2) is 6.20 Å². The lowest BCUT2D eigenvalue weighted by Gasteiger charge is -2.27. The molecule has 1 aliphatic rings. The molecule has 3 rings (SSSR count). The molecule has 0 spiro atoms. The van der Waals surface area contributed by atoms with Crippen molar-refractivity contribution in [3.63, 3.8) is 0 Å². The van der Waals surface area contributed by atoms with Crippen LogP contribution in [0.5, 0.6) is 0 Å². The van der Waals surface area contributed by atoms with E-state index in [0.717, 1.165) is 35.8 Å². The van der Waals surface area contributed by atoms with Gasteiger partial charge < -0.3 is 10.2 Å². The molecule has 0 radical (unpaired) electrons. The van der Waals surface area contributed by atoms with Crippen molar-refractivity contribution >= 4 is 34.5 Å². The highest BCUT2D eigenvalue weighted by Crippen LogP contribution is 2.25. The lowest BCUT2D eigenvalue weighted by molar-refractivity contribution is 0.0953. The molecule has 0 unspecified atom stereocenters. The topological polar surface area (TPSA) is 75.9 Å². The Morgan fingerprint density at radius 1 is 1.35 bits per heavy atom. The van der Waals surface area contributed by atoms with E-state index in [2.05, 4.69) is 25.3 Å². The highest BCUT2D eigenvalue weighted by Gasteiger charge is 2.21. The second kappa shape index (κ2) is 5.28. The highest BCUT2D eigenvalue weighted by atomic mass is 32.2. The van der Waals surface area contributed by atoms with Crippen LogP contribution < -0.4 is 10.2 Å². The van der Waals surface area contributed by atoms with Crippen molar-refractivity contribution < 1.29 is 4.79 Å². The number of amides is 1. The molecule has 2 aromatic rings. The van der Waals surface area contributed by atoms with Crippen LogP contribution in [0.3, 0.4) is 0 Å². The maximum atomic E-state index is 11.8. The third-order valence-electron chi connectivity index (χ3n) is 3.31. The molecule has 1 amide bonds.